The maximum atomic E-state index is 12.8. The average molecular weight is 378 g/mol. The van der Waals surface area contributed by atoms with Gasteiger partial charge in [0.25, 0.3) is 0 Å². The molecule has 4 rings (SSSR count). The predicted octanol–water partition coefficient (Wildman–Crippen LogP) is 2.47. The van der Waals surface area contributed by atoms with Gasteiger partial charge < -0.3 is 14.2 Å². The molecule has 1 aliphatic rings. The van der Waals surface area contributed by atoms with Crippen LogP contribution in [-0.4, -0.2) is 45.0 Å². The van der Waals surface area contributed by atoms with Gasteiger partial charge in [0.05, 0.1) is 30.6 Å². The van der Waals surface area contributed by atoms with Crippen LogP contribution in [0.4, 0.5) is 0 Å². The second kappa shape index (κ2) is 7.72. The Bertz CT molecular complexity index is 949. The molecule has 1 atom stereocenters. The summed E-state index contributed by atoms with van der Waals surface area (Å²) in [6.45, 7) is 1.28. The molecule has 0 radical (unpaired) electrons. The Balaban J connectivity index is 1.36. The molecule has 3 heterocycles. The molecule has 28 heavy (non-hydrogen) atoms. The Morgan fingerprint density at radius 1 is 1.25 bits per heavy atom. The highest BCUT2D eigenvalue weighted by atomic mass is 16.3. The van der Waals surface area contributed by atoms with Crippen molar-refractivity contribution < 1.29 is 14.0 Å². The predicted molar refractivity (Wildman–Crippen MR) is 102 cm³/mol. The average Bonchev–Trinajstić information content (AvgIpc) is 3.45. The Morgan fingerprint density at radius 3 is 2.82 bits per heavy atom. The standard InChI is InChI=1S/C21H22N4O3/c1-23(12-16-11-22-25(13-16)18-6-3-2-4-7-18)21(27)17-10-20(26)24(14-17)15-19-8-5-9-28-19/h2-9,11,13,17H,10,12,14-15H2,1H3. The first kappa shape index (κ1) is 18.0. The second-order valence-corrected chi connectivity index (χ2v) is 7.08. The van der Waals surface area contributed by atoms with Gasteiger partial charge in [0.2, 0.25) is 11.8 Å². The molecule has 7 nitrogen and oxygen atoms in total. The fourth-order valence-electron chi connectivity index (χ4n) is 3.51. The zero-order chi connectivity index (χ0) is 19.5. The van der Waals surface area contributed by atoms with Crippen molar-refractivity contribution >= 4 is 11.8 Å². The molecular weight excluding hydrogens is 356 g/mol. The minimum Gasteiger partial charge on any atom is -0.467 e. The van der Waals surface area contributed by atoms with Crippen molar-refractivity contribution in [2.45, 2.75) is 19.5 Å². The van der Waals surface area contributed by atoms with E-state index < -0.39 is 0 Å². The lowest BCUT2D eigenvalue weighted by molar-refractivity contribution is -0.135. The van der Waals surface area contributed by atoms with Crippen LogP contribution in [0, 0.1) is 5.92 Å². The van der Waals surface area contributed by atoms with E-state index in [1.165, 1.54) is 0 Å². The van der Waals surface area contributed by atoms with Crippen LogP contribution in [0.5, 0.6) is 0 Å². The quantitative estimate of drug-likeness (QED) is 0.661. The first-order valence-corrected chi connectivity index (χ1v) is 9.24. The van der Waals surface area contributed by atoms with Crippen molar-refractivity contribution in [3.63, 3.8) is 0 Å². The third-order valence-corrected chi connectivity index (χ3v) is 4.94. The van der Waals surface area contributed by atoms with Gasteiger partial charge in [0.1, 0.15) is 5.76 Å². The van der Waals surface area contributed by atoms with Crippen LogP contribution < -0.4 is 0 Å². The van der Waals surface area contributed by atoms with Crippen molar-refractivity contribution in [2.24, 2.45) is 5.92 Å². The van der Waals surface area contributed by atoms with E-state index in [1.54, 1.807) is 40.1 Å². The number of para-hydroxylation sites is 1. The van der Waals surface area contributed by atoms with E-state index in [0.29, 0.717) is 19.6 Å². The van der Waals surface area contributed by atoms with Crippen LogP contribution >= 0.6 is 0 Å². The molecule has 1 aliphatic heterocycles. The van der Waals surface area contributed by atoms with Gasteiger partial charge in [-0.05, 0) is 24.3 Å². The number of carbonyl (C=O) groups is 2. The lowest BCUT2D eigenvalue weighted by atomic mass is 10.1. The minimum atomic E-state index is -0.323. The van der Waals surface area contributed by atoms with E-state index in [1.807, 2.05) is 42.6 Å². The summed E-state index contributed by atoms with van der Waals surface area (Å²) in [5, 5.41) is 4.37. The summed E-state index contributed by atoms with van der Waals surface area (Å²) in [6, 6.07) is 13.4. The Hall–Kier alpha value is -3.35. The molecule has 3 aromatic rings. The normalized spacial score (nSPS) is 16.5. The van der Waals surface area contributed by atoms with Crippen molar-refractivity contribution in [3.05, 3.63) is 72.4 Å². The Kier molecular flexibility index (Phi) is 4.97. The van der Waals surface area contributed by atoms with Crippen molar-refractivity contribution in [2.75, 3.05) is 13.6 Å². The highest BCUT2D eigenvalue weighted by Gasteiger charge is 2.36. The number of rotatable bonds is 6. The van der Waals surface area contributed by atoms with Crippen LogP contribution in [0.2, 0.25) is 0 Å². The number of hydrogen-bond donors (Lipinski definition) is 0. The Morgan fingerprint density at radius 2 is 2.07 bits per heavy atom. The molecule has 0 spiro atoms. The molecule has 0 N–H and O–H groups in total. The summed E-state index contributed by atoms with van der Waals surface area (Å²) in [5.74, 6) is 0.363. The van der Waals surface area contributed by atoms with Gasteiger partial charge >= 0.3 is 0 Å². The second-order valence-electron chi connectivity index (χ2n) is 7.08. The number of benzene rings is 1. The summed E-state index contributed by atoms with van der Waals surface area (Å²) in [5.41, 5.74) is 1.91. The van der Waals surface area contributed by atoms with Crippen molar-refractivity contribution in [1.82, 2.24) is 19.6 Å². The summed E-state index contributed by atoms with van der Waals surface area (Å²) < 4.78 is 7.10. The van der Waals surface area contributed by atoms with Crippen LogP contribution in [0.1, 0.15) is 17.7 Å². The van der Waals surface area contributed by atoms with Crippen LogP contribution in [0.25, 0.3) is 5.69 Å². The number of hydrogen-bond acceptors (Lipinski definition) is 4. The van der Waals surface area contributed by atoms with Crippen LogP contribution in [-0.2, 0) is 22.7 Å². The minimum absolute atomic E-state index is 0.0138. The molecule has 1 aromatic carbocycles. The van der Waals surface area contributed by atoms with Gasteiger partial charge in [-0.1, -0.05) is 18.2 Å². The number of nitrogens with zero attached hydrogens (tertiary/aromatic N) is 4. The number of aromatic nitrogens is 2. The SMILES string of the molecule is CN(Cc1cnn(-c2ccccc2)c1)C(=O)C1CC(=O)N(Cc2ccco2)C1. The molecule has 7 heteroatoms. The monoisotopic (exact) mass is 378 g/mol. The van der Waals surface area contributed by atoms with Gasteiger partial charge in [0.15, 0.2) is 0 Å². The highest BCUT2D eigenvalue weighted by Crippen LogP contribution is 2.22. The Labute approximate surface area is 163 Å². The molecule has 1 fully saturated rings. The van der Waals surface area contributed by atoms with Gasteiger partial charge in [-0.15, -0.1) is 0 Å². The number of carbonyl (C=O) groups excluding carboxylic acids is 2. The maximum Gasteiger partial charge on any atom is 0.228 e. The molecular formula is C21H22N4O3. The molecule has 1 saturated heterocycles. The van der Waals surface area contributed by atoms with E-state index in [4.69, 9.17) is 4.42 Å². The van der Waals surface area contributed by atoms with Crippen molar-refractivity contribution in [1.29, 1.82) is 0 Å². The van der Waals surface area contributed by atoms with Gasteiger partial charge in [0, 0.05) is 38.3 Å². The maximum absolute atomic E-state index is 12.8. The topological polar surface area (TPSA) is 71.6 Å². The molecule has 2 amide bonds. The van der Waals surface area contributed by atoms with Crippen LogP contribution in [0.15, 0.2) is 65.5 Å². The molecule has 2 aromatic heterocycles. The van der Waals surface area contributed by atoms with Gasteiger partial charge in [-0.25, -0.2) is 4.68 Å². The summed E-state index contributed by atoms with van der Waals surface area (Å²) in [6.07, 6.45) is 5.51. The number of likely N-dealkylation sites (tertiary alicyclic amines) is 1. The van der Waals surface area contributed by atoms with E-state index >= 15 is 0 Å². The van der Waals surface area contributed by atoms with Crippen molar-refractivity contribution in [3.8, 4) is 5.69 Å². The lowest BCUT2D eigenvalue weighted by Crippen LogP contribution is -2.34. The lowest BCUT2D eigenvalue weighted by Gasteiger charge is -2.20. The molecule has 0 aliphatic carbocycles. The first-order chi connectivity index (χ1) is 13.6. The molecule has 0 saturated carbocycles. The molecule has 144 valence electrons. The smallest absolute Gasteiger partial charge is 0.228 e. The third kappa shape index (κ3) is 3.83. The van der Waals surface area contributed by atoms with E-state index in [9.17, 15) is 9.59 Å². The number of amides is 2. The fraction of sp³-hybridized carbons (Fsp3) is 0.286. The number of furan rings is 1. The molecule has 1 unspecified atom stereocenters. The largest absolute Gasteiger partial charge is 0.467 e. The third-order valence-electron chi connectivity index (χ3n) is 4.94. The van der Waals surface area contributed by atoms with E-state index in [0.717, 1.165) is 17.0 Å². The first-order valence-electron chi connectivity index (χ1n) is 9.24. The highest BCUT2D eigenvalue weighted by molar-refractivity contribution is 5.89. The van der Waals surface area contributed by atoms with E-state index in [2.05, 4.69) is 5.10 Å². The van der Waals surface area contributed by atoms with E-state index in [-0.39, 0.29) is 24.2 Å². The zero-order valence-electron chi connectivity index (χ0n) is 15.7. The molecule has 0 bridgehead atoms. The summed E-state index contributed by atoms with van der Waals surface area (Å²) >= 11 is 0. The summed E-state index contributed by atoms with van der Waals surface area (Å²) in [7, 11) is 1.77. The van der Waals surface area contributed by atoms with Gasteiger partial charge in [-0.2, -0.15) is 5.10 Å². The fourth-order valence-corrected chi connectivity index (χ4v) is 3.51. The zero-order valence-corrected chi connectivity index (χ0v) is 15.7. The van der Waals surface area contributed by atoms with Crippen LogP contribution in [0.3, 0.4) is 0 Å². The van der Waals surface area contributed by atoms with Gasteiger partial charge in [-0.3, -0.25) is 9.59 Å². The summed E-state index contributed by atoms with van der Waals surface area (Å²) in [4.78, 5) is 28.4.